The lowest BCUT2D eigenvalue weighted by Gasteiger charge is -1.96. The molecule has 0 saturated heterocycles. The van der Waals surface area contributed by atoms with Crippen molar-refractivity contribution in [1.29, 1.82) is 0 Å². The zero-order chi connectivity index (χ0) is 9.14. The molecule has 1 aromatic rings. The highest BCUT2D eigenvalue weighted by Gasteiger charge is 2.04. The van der Waals surface area contributed by atoms with Crippen molar-refractivity contribution >= 4 is 40.1 Å². The molecule has 0 aliphatic carbocycles. The van der Waals surface area contributed by atoms with E-state index in [4.69, 9.17) is 23.2 Å². The van der Waals surface area contributed by atoms with Crippen LogP contribution in [0.4, 0.5) is 0 Å². The number of halogens is 2. The van der Waals surface area contributed by atoms with Crippen LogP contribution in [0.1, 0.15) is 6.92 Å². The molecule has 0 N–H and O–H groups in total. The molecule has 0 atom stereocenters. The topological polar surface area (TPSA) is 42.9 Å². The second-order valence-corrected chi connectivity index (χ2v) is 3.81. The molecule has 0 bridgehead atoms. The first kappa shape index (κ1) is 9.77. The maximum Gasteiger partial charge on any atom is 0.198 e. The van der Waals surface area contributed by atoms with Gasteiger partial charge in [0.05, 0.1) is 0 Å². The van der Waals surface area contributed by atoms with Gasteiger partial charge in [0.1, 0.15) is 10.3 Å². The van der Waals surface area contributed by atoms with Gasteiger partial charge in [0, 0.05) is 13.0 Å². The SMILES string of the molecule is CC(=O)Sc1nc(Cl)cc(Cl)n1. The molecule has 64 valence electrons. The lowest BCUT2D eigenvalue weighted by Crippen LogP contribution is -1.90. The molecular weight excluding hydrogens is 219 g/mol. The van der Waals surface area contributed by atoms with E-state index in [0.717, 1.165) is 11.8 Å². The third kappa shape index (κ3) is 2.97. The number of carbonyl (C=O) groups is 1. The number of thioether (sulfide) groups is 1. The van der Waals surface area contributed by atoms with Gasteiger partial charge in [-0.25, -0.2) is 9.97 Å². The van der Waals surface area contributed by atoms with E-state index in [-0.39, 0.29) is 20.6 Å². The van der Waals surface area contributed by atoms with Crippen LogP contribution >= 0.6 is 35.0 Å². The van der Waals surface area contributed by atoms with Crippen LogP contribution < -0.4 is 0 Å². The molecule has 0 saturated carbocycles. The Kier molecular flexibility index (Phi) is 3.31. The predicted molar refractivity (Wildman–Crippen MR) is 48.6 cm³/mol. The summed E-state index contributed by atoms with van der Waals surface area (Å²) in [5, 5.41) is 0.644. The molecular formula is C6H4Cl2N2OS. The van der Waals surface area contributed by atoms with Gasteiger partial charge in [-0.2, -0.15) is 0 Å². The first-order valence-corrected chi connectivity index (χ1v) is 4.53. The highest BCUT2D eigenvalue weighted by molar-refractivity contribution is 8.13. The zero-order valence-corrected chi connectivity index (χ0v) is 8.37. The molecule has 6 heteroatoms. The summed E-state index contributed by atoms with van der Waals surface area (Å²) in [6.07, 6.45) is 0. The monoisotopic (exact) mass is 222 g/mol. The first-order valence-electron chi connectivity index (χ1n) is 2.96. The number of aromatic nitrogens is 2. The summed E-state index contributed by atoms with van der Waals surface area (Å²) < 4.78 is 0. The quantitative estimate of drug-likeness (QED) is 0.416. The molecule has 1 heterocycles. The highest BCUT2D eigenvalue weighted by Crippen LogP contribution is 2.19. The Bertz CT molecular complexity index is 298. The molecule has 0 radical (unpaired) electrons. The normalized spacial score (nSPS) is 9.92. The Morgan fingerprint density at radius 1 is 1.42 bits per heavy atom. The Balaban J connectivity index is 2.93. The van der Waals surface area contributed by atoms with Crippen molar-refractivity contribution in [2.24, 2.45) is 0 Å². The van der Waals surface area contributed by atoms with Crippen LogP contribution in [0.5, 0.6) is 0 Å². The van der Waals surface area contributed by atoms with E-state index in [1.54, 1.807) is 0 Å². The number of carbonyl (C=O) groups excluding carboxylic acids is 1. The minimum atomic E-state index is -0.103. The molecule has 1 aromatic heterocycles. The third-order valence-electron chi connectivity index (χ3n) is 0.878. The molecule has 0 spiro atoms. The standard InChI is InChI=1S/C6H4Cl2N2OS/c1-3(11)12-6-9-4(7)2-5(8)10-6/h2H,1H3. The van der Waals surface area contributed by atoms with Crippen molar-refractivity contribution in [3.05, 3.63) is 16.4 Å². The van der Waals surface area contributed by atoms with Gasteiger partial charge in [-0.05, 0) is 11.8 Å². The molecule has 0 aromatic carbocycles. The van der Waals surface area contributed by atoms with E-state index < -0.39 is 0 Å². The summed E-state index contributed by atoms with van der Waals surface area (Å²) in [6.45, 7) is 1.42. The summed E-state index contributed by atoms with van der Waals surface area (Å²) in [5.41, 5.74) is 0. The van der Waals surface area contributed by atoms with E-state index in [2.05, 4.69) is 9.97 Å². The summed E-state index contributed by atoms with van der Waals surface area (Å²) in [7, 11) is 0. The third-order valence-corrected chi connectivity index (χ3v) is 1.92. The van der Waals surface area contributed by atoms with Gasteiger partial charge in [-0.1, -0.05) is 23.2 Å². The Morgan fingerprint density at radius 3 is 2.33 bits per heavy atom. The fourth-order valence-electron chi connectivity index (χ4n) is 0.545. The fraction of sp³-hybridized carbons (Fsp3) is 0.167. The average molecular weight is 223 g/mol. The maximum absolute atomic E-state index is 10.6. The number of hydrogen-bond acceptors (Lipinski definition) is 4. The smallest absolute Gasteiger partial charge is 0.198 e. The van der Waals surface area contributed by atoms with Crippen molar-refractivity contribution in [3.63, 3.8) is 0 Å². The average Bonchev–Trinajstić information content (AvgIpc) is 1.81. The predicted octanol–water partition coefficient (Wildman–Crippen LogP) is 2.42. The minimum absolute atomic E-state index is 0.103. The number of nitrogens with zero attached hydrogens (tertiary/aromatic N) is 2. The van der Waals surface area contributed by atoms with Crippen molar-refractivity contribution in [2.45, 2.75) is 12.1 Å². The first-order chi connectivity index (χ1) is 5.58. The summed E-state index contributed by atoms with van der Waals surface area (Å²) in [6, 6.07) is 1.41. The maximum atomic E-state index is 10.6. The molecule has 12 heavy (non-hydrogen) atoms. The van der Waals surface area contributed by atoms with E-state index in [9.17, 15) is 4.79 Å². The van der Waals surface area contributed by atoms with Gasteiger partial charge in [-0.15, -0.1) is 0 Å². The van der Waals surface area contributed by atoms with Crippen LogP contribution in [0.2, 0.25) is 10.3 Å². The van der Waals surface area contributed by atoms with Crippen LogP contribution in [0.15, 0.2) is 11.2 Å². The van der Waals surface area contributed by atoms with Crippen molar-refractivity contribution in [1.82, 2.24) is 9.97 Å². The van der Waals surface area contributed by atoms with Gasteiger partial charge >= 0.3 is 0 Å². The lowest BCUT2D eigenvalue weighted by atomic mass is 10.7. The minimum Gasteiger partial charge on any atom is -0.287 e. The molecule has 0 aliphatic rings. The molecule has 1 rings (SSSR count). The molecule has 3 nitrogen and oxygen atoms in total. The van der Waals surface area contributed by atoms with Gasteiger partial charge < -0.3 is 0 Å². The van der Waals surface area contributed by atoms with Crippen molar-refractivity contribution in [2.75, 3.05) is 0 Å². The molecule has 0 aliphatic heterocycles. The second-order valence-electron chi connectivity index (χ2n) is 1.89. The molecule has 0 fully saturated rings. The largest absolute Gasteiger partial charge is 0.287 e. The summed E-state index contributed by atoms with van der Waals surface area (Å²) in [5.74, 6) is 0. The van der Waals surface area contributed by atoms with Crippen molar-refractivity contribution < 1.29 is 4.79 Å². The van der Waals surface area contributed by atoms with Crippen LogP contribution in [0.3, 0.4) is 0 Å². The van der Waals surface area contributed by atoms with Crippen LogP contribution in [-0.2, 0) is 4.79 Å². The van der Waals surface area contributed by atoms with Crippen LogP contribution in [0, 0.1) is 0 Å². The van der Waals surface area contributed by atoms with Gasteiger partial charge in [0.2, 0.25) is 0 Å². The Labute approximate surface area is 83.5 Å². The second kappa shape index (κ2) is 4.07. The Hall–Kier alpha value is -0.320. The fourth-order valence-corrected chi connectivity index (χ4v) is 1.61. The Morgan fingerprint density at radius 2 is 1.92 bits per heavy atom. The van der Waals surface area contributed by atoms with Gasteiger partial charge in [0.15, 0.2) is 10.3 Å². The summed E-state index contributed by atoms with van der Waals surface area (Å²) >= 11 is 12.0. The highest BCUT2D eigenvalue weighted by atomic mass is 35.5. The van der Waals surface area contributed by atoms with Gasteiger partial charge in [0.25, 0.3) is 0 Å². The van der Waals surface area contributed by atoms with E-state index in [0.29, 0.717) is 0 Å². The molecule has 0 amide bonds. The van der Waals surface area contributed by atoms with E-state index in [1.165, 1.54) is 13.0 Å². The van der Waals surface area contributed by atoms with Gasteiger partial charge in [-0.3, -0.25) is 4.79 Å². The molecule has 0 unspecified atom stereocenters. The van der Waals surface area contributed by atoms with Crippen LogP contribution in [0.25, 0.3) is 0 Å². The number of rotatable bonds is 1. The zero-order valence-electron chi connectivity index (χ0n) is 6.04. The van der Waals surface area contributed by atoms with Crippen molar-refractivity contribution in [3.8, 4) is 0 Å². The number of hydrogen-bond donors (Lipinski definition) is 0. The van der Waals surface area contributed by atoms with E-state index >= 15 is 0 Å². The van der Waals surface area contributed by atoms with Crippen LogP contribution in [-0.4, -0.2) is 15.1 Å². The summed E-state index contributed by atoms with van der Waals surface area (Å²) in [4.78, 5) is 18.2. The lowest BCUT2D eigenvalue weighted by molar-refractivity contribution is -0.109. The van der Waals surface area contributed by atoms with E-state index in [1.807, 2.05) is 0 Å².